The van der Waals surface area contributed by atoms with Crippen molar-refractivity contribution < 1.29 is 9.90 Å². The third-order valence-electron chi connectivity index (χ3n) is 3.37. The Hall–Kier alpha value is -0.610. The van der Waals surface area contributed by atoms with Gasteiger partial charge in [-0.25, -0.2) is 0 Å². The summed E-state index contributed by atoms with van der Waals surface area (Å²) in [5.74, 6) is -0.309. The lowest BCUT2D eigenvalue weighted by Gasteiger charge is -2.34. The smallest absolute Gasteiger partial charge is 0.323 e. The van der Waals surface area contributed by atoms with Gasteiger partial charge in [0.2, 0.25) is 0 Å². The van der Waals surface area contributed by atoms with E-state index in [2.05, 4.69) is 25.7 Å². The fourth-order valence-electron chi connectivity index (χ4n) is 2.33. The molecule has 0 amide bonds. The normalized spacial score (nSPS) is 21.6. The van der Waals surface area contributed by atoms with Crippen LogP contribution in [0.5, 0.6) is 0 Å². The van der Waals surface area contributed by atoms with Gasteiger partial charge in [-0.3, -0.25) is 9.69 Å². The van der Waals surface area contributed by atoms with Gasteiger partial charge in [-0.1, -0.05) is 13.8 Å². The molecule has 0 radical (unpaired) electrons. The molecule has 4 heteroatoms. The molecule has 0 spiro atoms. The maximum absolute atomic E-state index is 11.0. The summed E-state index contributed by atoms with van der Waals surface area (Å²) in [5.41, 5.74) is 4.70. The second-order valence-corrected chi connectivity index (χ2v) is 6.10. The predicted octanol–water partition coefficient (Wildman–Crippen LogP) is 1.69. The van der Waals surface area contributed by atoms with E-state index in [0.29, 0.717) is 18.4 Å². The number of rotatable bonds is 7. The van der Waals surface area contributed by atoms with Gasteiger partial charge < -0.3 is 10.8 Å². The van der Waals surface area contributed by atoms with Crippen molar-refractivity contribution in [2.75, 3.05) is 6.54 Å². The zero-order valence-corrected chi connectivity index (χ0v) is 11.4. The van der Waals surface area contributed by atoms with Gasteiger partial charge in [0.15, 0.2) is 0 Å². The van der Waals surface area contributed by atoms with E-state index >= 15 is 0 Å². The van der Waals surface area contributed by atoms with Crippen LogP contribution in [0.4, 0.5) is 0 Å². The Bertz CT molecular complexity index is 273. The lowest BCUT2D eigenvalue weighted by Crippen LogP contribution is -2.51. The SMILES string of the molecule is CC(C)CN(C(C)CC(C)(N)C(=O)O)C1CC1. The van der Waals surface area contributed by atoms with Crippen molar-refractivity contribution in [1.29, 1.82) is 0 Å². The van der Waals surface area contributed by atoms with Crippen LogP contribution in [-0.2, 0) is 4.79 Å². The van der Waals surface area contributed by atoms with E-state index in [9.17, 15) is 4.79 Å². The number of nitrogens with zero attached hydrogens (tertiary/aromatic N) is 1. The molecule has 1 aliphatic rings. The molecule has 4 nitrogen and oxygen atoms in total. The molecule has 100 valence electrons. The Labute approximate surface area is 104 Å². The first-order valence-corrected chi connectivity index (χ1v) is 6.52. The molecule has 1 rings (SSSR count). The van der Waals surface area contributed by atoms with Crippen molar-refractivity contribution in [2.45, 2.75) is 64.6 Å². The number of hydrogen-bond acceptors (Lipinski definition) is 3. The van der Waals surface area contributed by atoms with E-state index in [1.807, 2.05) is 0 Å². The van der Waals surface area contributed by atoms with Crippen molar-refractivity contribution >= 4 is 5.97 Å². The molecule has 0 bridgehead atoms. The molecule has 0 saturated heterocycles. The fraction of sp³-hybridized carbons (Fsp3) is 0.923. The first kappa shape index (κ1) is 14.5. The maximum atomic E-state index is 11.0. The summed E-state index contributed by atoms with van der Waals surface area (Å²) < 4.78 is 0. The molecule has 17 heavy (non-hydrogen) atoms. The second kappa shape index (κ2) is 5.36. The topological polar surface area (TPSA) is 66.6 Å². The van der Waals surface area contributed by atoms with Gasteiger partial charge in [0.25, 0.3) is 0 Å². The first-order valence-electron chi connectivity index (χ1n) is 6.52. The molecule has 2 unspecified atom stereocenters. The minimum absolute atomic E-state index is 0.232. The van der Waals surface area contributed by atoms with Gasteiger partial charge in [-0.2, -0.15) is 0 Å². The molecule has 3 N–H and O–H groups in total. The molecular weight excluding hydrogens is 216 g/mol. The van der Waals surface area contributed by atoms with E-state index in [-0.39, 0.29) is 6.04 Å². The van der Waals surface area contributed by atoms with Crippen LogP contribution < -0.4 is 5.73 Å². The molecule has 0 heterocycles. The highest BCUT2D eigenvalue weighted by molar-refractivity contribution is 5.77. The van der Waals surface area contributed by atoms with E-state index in [1.54, 1.807) is 6.92 Å². The quantitative estimate of drug-likeness (QED) is 0.713. The van der Waals surface area contributed by atoms with Gasteiger partial charge in [-0.05, 0) is 39.0 Å². The Kier molecular flexibility index (Phi) is 4.55. The monoisotopic (exact) mass is 242 g/mol. The second-order valence-electron chi connectivity index (χ2n) is 6.10. The summed E-state index contributed by atoms with van der Waals surface area (Å²) >= 11 is 0. The predicted molar refractivity (Wildman–Crippen MR) is 68.9 cm³/mol. The van der Waals surface area contributed by atoms with E-state index in [4.69, 9.17) is 10.8 Å². The van der Waals surface area contributed by atoms with Crippen molar-refractivity contribution in [2.24, 2.45) is 11.7 Å². The van der Waals surface area contributed by atoms with Gasteiger partial charge in [-0.15, -0.1) is 0 Å². The highest BCUT2D eigenvalue weighted by atomic mass is 16.4. The molecule has 0 aromatic rings. The van der Waals surface area contributed by atoms with Gasteiger partial charge >= 0.3 is 5.97 Å². The number of carboxylic acids is 1. The van der Waals surface area contributed by atoms with E-state index in [1.165, 1.54) is 12.8 Å². The molecule has 0 aliphatic heterocycles. The third-order valence-corrected chi connectivity index (χ3v) is 3.37. The van der Waals surface area contributed by atoms with Crippen molar-refractivity contribution in [3.05, 3.63) is 0 Å². The molecule has 0 aromatic carbocycles. The van der Waals surface area contributed by atoms with Crippen LogP contribution in [0.1, 0.15) is 47.0 Å². The van der Waals surface area contributed by atoms with Gasteiger partial charge in [0.1, 0.15) is 5.54 Å². The number of nitrogens with two attached hydrogens (primary N) is 1. The van der Waals surface area contributed by atoms with Gasteiger partial charge in [0.05, 0.1) is 0 Å². The van der Waals surface area contributed by atoms with Crippen LogP contribution in [-0.4, -0.2) is 40.1 Å². The lowest BCUT2D eigenvalue weighted by molar-refractivity contribution is -0.143. The van der Waals surface area contributed by atoms with Crippen molar-refractivity contribution in [3.63, 3.8) is 0 Å². The summed E-state index contributed by atoms with van der Waals surface area (Å²) in [6, 6.07) is 0.882. The van der Waals surface area contributed by atoms with Crippen LogP contribution in [0.2, 0.25) is 0 Å². The minimum atomic E-state index is -1.12. The molecule has 1 fully saturated rings. The molecule has 2 atom stereocenters. The zero-order chi connectivity index (χ0) is 13.2. The Morgan fingerprint density at radius 2 is 2.00 bits per heavy atom. The highest BCUT2D eigenvalue weighted by Gasteiger charge is 2.37. The van der Waals surface area contributed by atoms with Crippen LogP contribution in [0.15, 0.2) is 0 Å². The number of hydrogen-bond donors (Lipinski definition) is 2. The van der Waals surface area contributed by atoms with Crippen LogP contribution >= 0.6 is 0 Å². The summed E-state index contributed by atoms with van der Waals surface area (Å²) in [4.78, 5) is 13.5. The van der Waals surface area contributed by atoms with Crippen LogP contribution in [0, 0.1) is 5.92 Å². The summed E-state index contributed by atoms with van der Waals surface area (Å²) in [7, 11) is 0. The summed E-state index contributed by atoms with van der Waals surface area (Å²) in [5, 5.41) is 9.06. The summed E-state index contributed by atoms with van der Waals surface area (Å²) in [6.45, 7) is 9.12. The summed E-state index contributed by atoms with van der Waals surface area (Å²) in [6.07, 6.45) is 2.99. The molecule has 0 aromatic heterocycles. The van der Waals surface area contributed by atoms with Crippen molar-refractivity contribution in [3.8, 4) is 0 Å². The Morgan fingerprint density at radius 1 is 1.47 bits per heavy atom. The third kappa shape index (κ3) is 4.28. The average Bonchev–Trinajstić information content (AvgIpc) is 2.95. The van der Waals surface area contributed by atoms with Crippen LogP contribution in [0.3, 0.4) is 0 Å². The zero-order valence-electron chi connectivity index (χ0n) is 11.4. The Morgan fingerprint density at radius 3 is 2.35 bits per heavy atom. The highest BCUT2D eigenvalue weighted by Crippen LogP contribution is 2.31. The number of aliphatic carboxylic acids is 1. The molecule has 1 saturated carbocycles. The standard InChI is InChI=1S/C13H26N2O2/c1-9(2)8-15(11-5-6-11)10(3)7-13(4,14)12(16)17/h9-11H,5-8,14H2,1-4H3,(H,16,17). The van der Waals surface area contributed by atoms with Gasteiger partial charge in [0, 0.05) is 18.6 Å². The minimum Gasteiger partial charge on any atom is -0.480 e. The van der Waals surface area contributed by atoms with Crippen LogP contribution in [0.25, 0.3) is 0 Å². The average molecular weight is 242 g/mol. The fourth-order valence-corrected chi connectivity index (χ4v) is 2.33. The lowest BCUT2D eigenvalue weighted by atomic mass is 9.94. The first-order chi connectivity index (χ1) is 7.74. The number of carboxylic acid groups (broad SMARTS) is 1. The van der Waals surface area contributed by atoms with E-state index in [0.717, 1.165) is 6.54 Å². The molecular formula is C13H26N2O2. The maximum Gasteiger partial charge on any atom is 0.323 e. The van der Waals surface area contributed by atoms with Crippen molar-refractivity contribution in [1.82, 2.24) is 4.90 Å². The Balaban J connectivity index is 2.59. The molecule has 1 aliphatic carbocycles. The number of carbonyl (C=O) groups is 1. The van der Waals surface area contributed by atoms with E-state index < -0.39 is 11.5 Å². The largest absolute Gasteiger partial charge is 0.480 e.